The van der Waals surface area contributed by atoms with Crippen molar-refractivity contribution in [2.75, 3.05) is 0 Å². The SMILES string of the molecule is [C]1=CC=CCC=CC=CC=C1. The van der Waals surface area contributed by atoms with E-state index in [-0.39, 0.29) is 0 Å². The molecule has 0 heterocycles. The van der Waals surface area contributed by atoms with Crippen molar-refractivity contribution in [3.05, 3.63) is 60.8 Å². The van der Waals surface area contributed by atoms with Crippen molar-refractivity contribution in [3.8, 4) is 0 Å². The van der Waals surface area contributed by atoms with E-state index in [9.17, 15) is 0 Å². The van der Waals surface area contributed by atoms with Crippen LogP contribution in [0.5, 0.6) is 0 Å². The lowest BCUT2D eigenvalue weighted by atomic mass is 10.3. The van der Waals surface area contributed by atoms with Crippen LogP contribution in [-0.4, -0.2) is 0 Å². The van der Waals surface area contributed by atoms with E-state index in [2.05, 4.69) is 18.2 Å². The van der Waals surface area contributed by atoms with Gasteiger partial charge in [0.15, 0.2) is 0 Å². The van der Waals surface area contributed by atoms with Gasteiger partial charge in [-0.05, 0) is 12.5 Å². The minimum atomic E-state index is 0.989. The van der Waals surface area contributed by atoms with Gasteiger partial charge < -0.3 is 0 Å². The first-order chi connectivity index (χ1) is 5.50. The average molecular weight is 143 g/mol. The Morgan fingerprint density at radius 3 is 2.64 bits per heavy atom. The molecule has 0 unspecified atom stereocenters. The summed E-state index contributed by atoms with van der Waals surface area (Å²) in [4.78, 5) is 0. The second kappa shape index (κ2) is 5.48. The van der Waals surface area contributed by atoms with Gasteiger partial charge in [0.1, 0.15) is 0 Å². The zero-order valence-electron chi connectivity index (χ0n) is 6.40. The number of rotatable bonds is 0. The predicted molar refractivity (Wildman–Crippen MR) is 49.0 cm³/mol. The molecule has 0 atom stereocenters. The monoisotopic (exact) mass is 143 g/mol. The largest absolute Gasteiger partial charge is 0.0807 e. The molecule has 0 saturated carbocycles. The zero-order valence-corrected chi connectivity index (χ0v) is 6.40. The first-order valence-corrected chi connectivity index (χ1v) is 3.73. The minimum absolute atomic E-state index is 0.989. The molecule has 1 rings (SSSR count). The molecular weight excluding hydrogens is 132 g/mol. The molecule has 1 aliphatic carbocycles. The lowest BCUT2D eigenvalue weighted by Gasteiger charge is -1.76. The average Bonchev–Trinajstić information content (AvgIpc) is 2.08. The van der Waals surface area contributed by atoms with E-state index in [4.69, 9.17) is 0 Å². The molecule has 0 aliphatic heterocycles. The highest BCUT2D eigenvalue weighted by atomic mass is 13.8. The van der Waals surface area contributed by atoms with Crippen molar-refractivity contribution in [2.45, 2.75) is 6.42 Å². The lowest BCUT2D eigenvalue weighted by Crippen LogP contribution is -1.55. The van der Waals surface area contributed by atoms with Crippen LogP contribution in [0, 0.1) is 6.08 Å². The third-order valence-electron chi connectivity index (χ3n) is 1.26. The van der Waals surface area contributed by atoms with E-state index >= 15 is 0 Å². The van der Waals surface area contributed by atoms with Crippen molar-refractivity contribution in [2.24, 2.45) is 0 Å². The van der Waals surface area contributed by atoms with Gasteiger partial charge in [-0.1, -0.05) is 54.7 Å². The van der Waals surface area contributed by atoms with Crippen molar-refractivity contribution in [1.29, 1.82) is 0 Å². The van der Waals surface area contributed by atoms with Crippen molar-refractivity contribution >= 4 is 0 Å². The molecule has 0 saturated heterocycles. The Morgan fingerprint density at radius 1 is 0.818 bits per heavy atom. The molecule has 11 heavy (non-hydrogen) atoms. The van der Waals surface area contributed by atoms with E-state index < -0.39 is 0 Å². The quantitative estimate of drug-likeness (QED) is 0.489. The van der Waals surface area contributed by atoms with Gasteiger partial charge in [-0.25, -0.2) is 0 Å². The normalized spacial score (nSPS) is 16.7. The topological polar surface area (TPSA) is 0 Å². The van der Waals surface area contributed by atoms with E-state index in [0.29, 0.717) is 0 Å². The molecule has 0 bridgehead atoms. The Balaban J connectivity index is 2.61. The van der Waals surface area contributed by atoms with Crippen molar-refractivity contribution in [1.82, 2.24) is 0 Å². The molecule has 1 radical (unpaired) electrons. The van der Waals surface area contributed by atoms with Crippen molar-refractivity contribution in [3.63, 3.8) is 0 Å². The Bertz CT molecular complexity index is 200. The maximum Gasteiger partial charge on any atom is -0.0163 e. The fraction of sp³-hybridized carbons (Fsp3) is 0.0909. The summed E-state index contributed by atoms with van der Waals surface area (Å²) in [6.07, 6.45) is 22.0. The van der Waals surface area contributed by atoms with Crippen LogP contribution in [0.3, 0.4) is 0 Å². The summed E-state index contributed by atoms with van der Waals surface area (Å²) in [6, 6.07) is 0. The van der Waals surface area contributed by atoms with Gasteiger partial charge in [0.2, 0.25) is 0 Å². The van der Waals surface area contributed by atoms with Gasteiger partial charge in [-0.15, -0.1) is 0 Å². The van der Waals surface area contributed by atoms with E-state index in [0.717, 1.165) is 6.42 Å². The highest BCUT2D eigenvalue weighted by molar-refractivity contribution is 5.17. The summed E-state index contributed by atoms with van der Waals surface area (Å²) < 4.78 is 0. The Hall–Kier alpha value is -1.30. The standard InChI is InChI=1S/C11H11/c1-2-4-6-8-10-11-9-7-5-3-1/h1-6,9-11H,7H2. The Kier molecular flexibility index (Phi) is 3.89. The number of allylic oxidation sites excluding steroid dienone is 10. The van der Waals surface area contributed by atoms with Crippen LogP contribution in [0.25, 0.3) is 0 Å². The molecule has 0 spiro atoms. The maximum atomic E-state index is 3.01. The van der Waals surface area contributed by atoms with Crippen LogP contribution < -0.4 is 0 Å². The van der Waals surface area contributed by atoms with Crippen LogP contribution in [0.15, 0.2) is 54.7 Å². The molecule has 55 valence electrons. The molecule has 0 aromatic rings. The van der Waals surface area contributed by atoms with Gasteiger partial charge in [-0.3, -0.25) is 0 Å². The molecule has 0 nitrogen and oxygen atoms in total. The highest BCUT2D eigenvalue weighted by Gasteiger charge is 1.70. The summed E-state index contributed by atoms with van der Waals surface area (Å²) in [5, 5.41) is 0. The van der Waals surface area contributed by atoms with Gasteiger partial charge in [0, 0.05) is 0 Å². The minimum Gasteiger partial charge on any atom is -0.0807 e. The van der Waals surface area contributed by atoms with Crippen LogP contribution >= 0.6 is 0 Å². The van der Waals surface area contributed by atoms with Crippen LogP contribution in [0.1, 0.15) is 6.42 Å². The van der Waals surface area contributed by atoms with Gasteiger partial charge >= 0.3 is 0 Å². The van der Waals surface area contributed by atoms with Crippen LogP contribution in [0.2, 0.25) is 0 Å². The molecule has 0 N–H and O–H groups in total. The third-order valence-corrected chi connectivity index (χ3v) is 1.26. The van der Waals surface area contributed by atoms with Crippen LogP contribution in [0.4, 0.5) is 0 Å². The second-order valence-electron chi connectivity index (χ2n) is 2.17. The molecule has 0 amide bonds. The second-order valence-corrected chi connectivity index (χ2v) is 2.17. The summed E-state index contributed by atoms with van der Waals surface area (Å²) in [5.41, 5.74) is 0. The fourth-order valence-electron chi connectivity index (χ4n) is 0.733. The van der Waals surface area contributed by atoms with Gasteiger partial charge in [0.25, 0.3) is 0 Å². The van der Waals surface area contributed by atoms with Gasteiger partial charge in [0.05, 0.1) is 0 Å². The molecule has 0 fully saturated rings. The summed E-state index contributed by atoms with van der Waals surface area (Å²) in [7, 11) is 0. The summed E-state index contributed by atoms with van der Waals surface area (Å²) in [6.45, 7) is 0. The number of hydrogen-bond donors (Lipinski definition) is 0. The van der Waals surface area contributed by atoms with Crippen LogP contribution in [-0.2, 0) is 0 Å². The first kappa shape index (κ1) is 7.80. The Morgan fingerprint density at radius 2 is 1.64 bits per heavy atom. The zero-order chi connectivity index (χ0) is 7.78. The maximum absolute atomic E-state index is 3.01. The van der Waals surface area contributed by atoms with E-state index in [1.54, 1.807) is 0 Å². The smallest absolute Gasteiger partial charge is 0.0163 e. The summed E-state index contributed by atoms with van der Waals surface area (Å²) >= 11 is 0. The molecular formula is C11H11. The van der Waals surface area contributed by atoms with E-state index in [1.807, 2.05) is 42.5 Å². The third kappa shape index (κ3) is 4.15. The first-order valence-electron chi connectivity index (χ1n) is 3.73. The molecule has 0 aromatic carbocycles. The van der Waals surface area contributed by atoms with Crippen molar-refractivity contribution < 1.29 is 0 Å². The van der Waals surface area contributed by atoms with E-state index in [1.165, 1.54) is 0 Å². The summed E-state index contributed by atoms with van der Waals surface area (Å²) in [5.74, 6) is 0. The predicted octanol–water partition coefficient (Wildman–Crippen LogP) is 2.97. The molecule has 0 heteroatoms. The Labute approximate surface area is 67.9 Å². The van der Waals surface area contributed by atoms with Gasteiger partial charge in [-0.2, -0.15) is 0 Å². The molecule has 1 aliphatic rings. The lowest BCUT2D eigenvalue weighted by molar-refractivity contribution is 1.39. The molecule has 0 aromatic heterocycles. The fourth-order valence-corrected chi connectivity index (χ4v) is 0.733. The highest BCUT2D eigenvalue weighted by Crippen LogP contribution is 1.90. The number of hydrogen-bond acceptors (Lipinski definition) is 0.